The van der Waals surface area contributed by atoms with Crippen molar-refractivity contribution in [1.82, 2.24) is 5.32 Å². The second-order valence-corrected chi connectivity index (χ2v) is 5.35. The number of carbonyl (C=O) groups is 1. The van der Waals surface area contributed by atoms with Crippen molar-refractivity contribution in [2.75, 3.05) is 6.54 Å². The van der Waals surface area contributed by atoms with E-state index in [1.165, 1.54) is 25.7 Å². The molecular formula is C14H28N2O. The lowest BCUT2D eigenvalue weighted by Crippen LogP contribution is -2.37. The minimum Gasteiger partial charge on any atom is -0.353 e. The fourth-order valence-electron chi connectivity index (χ4n) is 2.68. The molecule has 1 aliphatic rings. The van der Waals surface area contributed by atoms with Crippen molar-refractivity contribution in [3.8, 4) is 0 Å². The van der Waals surface area contributed by atoms with E-state index in [9.17, 15) is 4.79 Å². The van der Waals surface area contributed by atoms with Crippen LogP contribution in [0.2, 0.25) is 0 Å². The molecule has 3 heteroatoms. The topological polar surface area (TPSA) is 55.1 Å². The first-order chi connectivity index (χ1) is 8.24. The van der Waals surface area contributed by atoms with E-state index in [1.54, 1.807) is 0 Å². The number of nitrogens with one attached hydrogen (secondary N) is 1. The summed E-state index contributed by atoms with van der Waals surface area (Å²) in [4.78, 5) is 11.7. The van der Waals surface area contributed by atoms with Crippen LogP contribution < -0.4 is 11.1 Å². The van der Waals surface area contributed by atoms with Crippen LogP contribution >= 0.6 is 0 Å². The third kappa shape index (κ3) is 6.06. The number of nitrogens with two attached hydrogens (primary N) is 1. The zero-order chi connectivity index (χ0) is 12.5. The zero-order valence-corrected chi connectivity index (χ0v) is 11.2. The molecule has 0 aromatic carbocycles. The Labute approximate surface area is 106 Å². The average molecular weight is 240 g/mol. The van der Waals surface area contributed by atoms with Crippen LogP contribution in [0.4, 0.5) is 0 Å². The highest BCUT2D eigenvalue weighted by molar-refractivity contribution is 5.76. The Bertz CT molecular complexity index is 212. The van der Waals surface area contributed by atoms with Gasteiger partial charge in [-0.15, -0.1) is 0 Å². The molecule has 100 valence electrons. The Kier molecular flexibility index (Phi) is 7.25. The third-order valence-corrected chi connectivity index (χ3v) is 3.85. The molecule has 1 unspecified atom stereocenters. The number of unbranched alkanes of at least 4 members (excludes halogenated alkanes) is 3. The molecule has 3 N–H and O–H groups in total. The van der Waals surface area contributed by atoms with Crippen molar-refractivity contribution >= 4 is 5.91 Å². The normalized spacial score (nSPS) is 18.2. The summed E-state index contributed by atoms with van der Waals surface area (Å²) in [6.07, 6.45) is 10.3. The van der Waals surface area contributed by atoms with Gasteiger partial charge in [0.2, 0.25) is 5.91 Å². The van der Waals surface area contributed by atoms with Crippen molar-refractivity contribution in [1.29, 1.82) is 0 Å². The molecule has 0 aliphatic heterocycles. The summed E-state index contributed by atoms with van der Waals surface area (Å²) in [5.74, 6) is 0.952. The van der Waals surface area contributed by atoms with Gasteiger partial charge in [-0.05, 0) is 45.1 Å². The molecule has 0 aromatic rings. The van der Waals surface area contributed by atoms with E-state index in [2.05, 4.69) is 12.2 Å². The predicted molar refractivity (Wildman–Crippen MR) is 71.7 cm³/mol. The number of amides is 1. The molecule has 1 aliphatic carbocycles. The Balaban J connectivity index is 2.03. The summed E-state index contributed by atoms with van der Waals surface area (Å²) in [5.41, 5.74) is 5.43. The molecule has 0 radical (unpaired) electrons. The second-order valence-electron chi connectivity index (χ2n) is 5.35. The number of rotatable bonds is 8. The van der Waals surface area contributed by atoms with Gasteiger partial charge in [-0.25, -0.2) is 0 Å². The molecule has 0 bridgehead atoms. The van der Waals surface area contributed by atoms with E-state index in [1.807, 2.05) is 0 Å². The Hall–Kier alpha value is -0.570. The van der Waals surface area contributed by atoms with E-state index in [-0.39, 0.29) is 5.91 Å². The lowest BCUT2D eigenvalue weighted by atomic mass is 9.99. The zero-order valence-electron chi connectivity index (χ0n) is 11.2. The largest absolute Gasteiger partial charge is 0.353 e. The molecule has 1 saturated carbocycles. The quantitative estimate of drug-likeness (QED) is 0.641. The van der Waals surface area contributed by atoms with Crippen LogP contribution in [0.1, 0.15) is 64.7 Å². The van der Waals surface area contributed by atoms with Gasteiger partial charge in [0.05, 0.1) is 0 Å². The van der Waals surface area contributed by atoms with E-state index < -0.39 is 0 Å². The maximum absolute atomic E-state index is 11.7. The summed E-state index contributed by atoms with van der Waals surface area (Å²) in [5, 5.41) is 3.15. The van der Waals surface area contributed by atoms with Gasteiger partial charge in [-0.1, -0.05) is 25.7 Å². The fraction of sp³-hybridized carbons (Fsp3) is 0.929. The lowest BCUT2D eigenvalue weighted by molar-refractivity contribution is -0.122. The van der Waals surface area contributed by atoms with Gasteiger partial charge in [0.15, 0.2) is 0 Å². The molecule has 0 saturated heterocycles. The molecule has 1 amide bonds. The first-order valence-corrected chi connectivity index (χ1v) is 7.23. The van der Waals surface area contributed by atoms with Crippen LogP contribution in [-0.2, 0) is 4.79 Å². The molecule has 1 rings (SSSR count). The van der Waals surface area contributed by atoms with Crippen molar-refractivity contribution in [3.63, 3.8) is 0 Å². The van der Waals surface area contributed by atoms with Gasteiger partial charge in [0.1, 0.15) is 0 Å². The van der Waals surface area contributed by atoms with Gasteiger partial charge in [0.25, 0.3) is 0 Å². The van der Waals surface area contributed by atoms with Crippen LogP contribution in [0.5, 0.6) is 0 Å². The smallest absolute Gasteiger partial charge is 0.220 e. The average Bonchev–Trinajstić information content (AvgIpc) is 2.82. The van der Waals surface area contributed by atoms with Crippen LogP contribution in [-0.4, -0.2) is 18.5 Å². The summed E-state index contributed by atoms with van der Waals surface area (Å²) in [6.45, 7) is 2.92. The van der Waals surface area contributed by atoms with Crippen molar-refractivity contribution < 1.29 is 4.79 Å². The van der Waals surface area contributed by atoms with Crippen LogP contribution in [0.3, 0.4) is 0 Å². The highest BCUT2D eigenvalue weighted by atomic mass is 16.1. The predicted octanol–water partition coefficient (Wildman–Crippen LogP) is 2.59. The third-order valence-electron chi connectivity index (χ3n) is 3.85. The lowest BCUT2D eigenvalue weighted by Gasteiger charge is -2.20. The Morgan fingerprint density at radius 2 is 1.88 bits per heavy atom. The van der Waals surface area contributed by atoms with Crippen molar-refractivity contribution in [2.45, 2.75) is 70.8 Å². The second kappa shape index (κ2) is 8.51. The van der Waals surface area contributed by atoms with Crippen LogP contribution in [0.15, 0.2) is 0 Å². The summed E-state index contributed by atoms with van der Waals surface area (Å²) < 4.78 is 0. The van der Waals surface area contributed by atoms with Gasteiger partial charge < -0.3 is 11.1 Å². The van der Waals surface area contributed by atoms with Gasteiger partial charge in [0, 0.05) is 12.5 Å². The molecule has 3 nitrogen and oxygen atoms in total. The van der Waals surface area contributed by atoms with Gasteiger partial charge >= 0.3 is 0 Å². The van der Waals surface area contributed by atoms with E-state index in [4.69, 9.17) is 5.73 Å². The molecule has 0 aromatic heterocycles. The number of carbonyl (C=O) groups excluding carboxylic acids is 1. The van der Waals surface area contributed by atoms with E-state index >= 15 is 0 Å². The van der Waals surface area contributed by atoms with Crippen molar-refractivity contribution in [3.05, 3.63) is 0 Å². The summed E-state index contributed by atoms with van der Waals surface area (Å²) in [6, 6.07) is 0.369. The SMILES string of the molecule is CC(NC(=O)CCCCCCN)C1CCCC1. The van der Waals surface area contributed by atoms with Crippen LogP contribution in [0.25, 0.3) is 0 Å². The molecule has 17 heavy (non-hydrogen) atoms. The maximum Gasteiger partial charge on any atom is 0.220 e. The maximum atomic E-state index is 11.7. The molecule has 1 atom stereocenters. The highest BCUT2D eigenvalue weighted by Gasteiger charge is 2.22. The highest BCUT2D eigenvalue weighted by Crippen LogP contribution is 2.27. The Morgan fingerprint density at radius 1 is 1.24 bits per heavy atom. The molecule has 0 heterocycles. The summed E-state index contributed by atoms with van der Waals surface area (Å²) >= 11 is 0. The standard InChI is InChI=1S/C14H28N2O/c1-12(13-8-5-6-9-13)16-14(17)10-4-2-3-7-11-15/h12-13H,2-11,15H2,1H3,(H,16,17). The molecular weight excluding hydrogens is 212 g/mol. The first kappa shape index (κ1) is 14.5. The van der Waals surface area contributed by atoms with Crippen molar-refractivity contribution in [2.24, 2.45) is 11.7 Å². The summed E-state index contributed by atoms with van der Waals surface area (Å²) in [7, 11) is 0. The van der Waals surface area contributed by atoms with E-state index in [0.29, 0.717) is 12.5 Å². The minimum atomic E-state index is 0.233. The molecule has 0 spiro atoms. The van der Waals surface area contributed by atoms with Crippen LogP contribution in [0, 0.1) is 5.92 Å². The Morgan fingerprint density at radius 3 is 2.53 bits per heavy atom. The van der Waals surface area contributed by atoms with Gasteiger partial charge in [-0.2, -0.15) is 0 Å². The number of hydrogen-bond acceptors (Lipinski definition) is 2. The van der Waals surface area contributed by atoms with E-state index in [0.717, 1.165) is 38.1 Å². The fourth-order valence-corrected chi connectivity index (χ4v) is 2.68. The minimum absolute atomic E-state index is 0.233. The number of hydrogen-bond donors (Lipinski definition) is 2. The van der Waals surface area contributed by atoms with Gasteiger partial charge in [-0.3, -0.25) is 4.79 Å². The first-order valence-electron chi connectivity index (χ1n) is 7.23. The molecule has 1 fully saturated rings. The monoisotopic (exact) mass is 240 g/mol.